The van der Waals surface area contributed by atoms with Crippen molar-refractivity contribution in [3.05, 3.63) is 57.8 Å². The molecule has 156 valence electrons. The molecule has 28 heavy (non-hydrogen) atoms. The number of benzene rings is 1. The summed E-state index contributed by atoms with van der Waals surface area (Å²) in [6.45, 7) is 7.77. The SMILES string of the molecule is C/C=C(\C=C(\C)C(=C(C)C)N(C)CCC(O)C(F)(F)F)c1cc(Cl)ccc1P. The maximum absolute atomic E-state index is 12.6. The van der Waals surface area contributed by atoms with E-state index in [2.05, 4.69) is 9.24 Å². The molecule has 1 aromatic carbocycles. The Bertz CT molecular complexity index is 780. The number of allylic oxidation sites excluding steroid dienone is 5. The van der Waals surface area contributed by atoms with Crippen molar-refractivity contribution < 1.29 is 18.3 Å². The summed E-state index contributed by atoms with van der Waals surface area (Å²) in [5.74, 6) is 0. The molecule has 1 rings (SSSR count). The Hall–Kier alpha value is -1.29. The minimum atomic E-state index is -4.60. The molecule has 0 heterocycles. The van der Waals surface area contributed by atoms with Gasteiger partial charge in [0.15, 0.2) is 6.10 Å². The molecule has 0 fully saturated rings. The third kappa shape index (κ3) is 6.95. The van der Waals surface area contributed by atoms with Gasteiger partial charge in [-0.1, -0.05) is 29.3 Å². The van der Waals surface area contributed by atoms with Crippen molar-refractivity contribution in [3.8, 4) is 0 Å². The van der Waals surface area contributed by atoms with E-state index >= 15 is 0 Å². The molecule has 0 aliphatic heterocycles. The average Bonchev–Trinajstić information content (AvgIpc) is 2.58. The van der Waals surface area contributed by atoms with Crippen LogP contribution < -0.4 is 5.30 Å². The van der Waals surface area contributed by atoms with Gasteiger partial charge < -0.3 is 10.0 Å². The Morgan fingerprint density at radius 3 is 2.39 bits per heavy atom. The molecule has 0 aromatic heterocycles. The van der Waals surface area contributed by atoms with Gasteiger partial charge in [-0.2, -0.15) is 13.2 Å². The van der Waals surface area contributed by atoms with E-state index in [0.29, 0.717) is 5.02 Å². The van der Waals surface area contributed by atoms with Crippen molar-refractivity contribution in [2.45, 2.75) is 46.4 Å². The third-order valence-electron chi connectivity index (χ3n) is 4.35. The van der Waals surface area contributed by atoms with Crippen LogP contribution in [0.5, 0.6) is 0 Å². The molecule has 1 N–H and O–H groups in total. The fourth-order valence-electron chi connectivity index (χ4n) is 3.07. The second-order valence-electron chi connectivity index (χ2n) is 6.92. The summed E-state index contributed by atoms with van der Waals surface area (Å²) in [5.41, 5.74) is 4.68. The molecule has 0 spiro atoms. The highest BCUT2D eigenvalue weighted by atomic mass is 35.5. The summed E-state index contributed by atoms with van der Waals surface area (Å²) in [5, 5.41) is 10.9. The van der Waals surface area contributed by atoms with Crippen LogP contribution in [0.15, 0.2) is 47.2 Å². The monoisotopic (exact) mass is 433 g/mol. The van der Waals surface area contributed by atoms with E-state index in [1.165, 1.54) is 0 Å². The fraction of sp³-hybridized carbons (Fsp3) is 0.429. The van der Waals surface area contributed by atoms with Crippen LogP contribution in [0.1, 0.15) is 39.7 Å². The number of nitrogens with zero attached hydrogens (tertiary/aromatic N) is 1. The Morgan fingerprint density at radius 1 is 1.29 bits per heavy atom. The van der Waals surface area contributed by atoms with Crippen molar-refractivity contribution in [2.24, 2.45) is 0 Å². The van der Waals surface area contributed by atoms with Crippen molar-refractivity contribution in [1.29, 1.82) is 0 Å². The van der Waals surface area contributed by atoms with Crippen LogP contribution in [0.3, 0.4) is 0 Å². The Morgan fingerprint density at radius 2 is 1.89 bits per heavy atom. The summed E-state index contributed by atoms with van der Waals surface area (Å²) in [6.07, 6.45) is -3.34. The Kier molecular flexibility index (Phi) is 9.26. The van der Waals surface area contributed by atoms with Gasteiger partial charge in [0.2, 0.25) is 0 Å². The molecule has 2 unspecified atom stereocenters. The van der Waals surface area contributed by atoms with Crippen LogP contribution in [0.2, 0.25) is 5.02 Å². The van der Waals surface area contributed by atoms with Gasteiger partial charge in [-0.3, -0.25) is 0 Å². The molecule has 2 atom stereocenters. The second-order valence-corrected chi connectivity index (χ2v) is 7.98. The van der Waals surface area contributed by atoms with Crippen molar-refractivity contribution in [3.63, 3.8) is 0 Å². The lowest BCUT2D eigenvalue weighted by Gasteiger charge is -2.27. The fourth-order valence-corrected chi connectivity index (χ4v) is 3.58. The maximum Gasteiger partial charge on any atom is 0.414 e. The number of alkyl halides is 3. The minimum Gasteiger partial charge on any atom is -0.384 e. The summed E-state index contributed by atoms with van der Waals surface area (Å²) in [4.78, 5) is 1.75. The first-order valence-electron chi connectivity index (χ1n) is 8.92. The van der Waals surface area contributed by atoms with E-state index in [4.69, 9.17) is 11.6 Å². The lowest BCUT2D eigenvalue weighted by Crippen LogP contribution is -2.33. The normalized spacial score (nSPS) is 14.1. The van der Waals surface area contributed by atoms with Crippen LogP contribution in [0, 0.1) is 0 Å². The van der Waals surface area contributed by atoms with Gasteiger partial charge in [0, 0.05) is 24.3 Å². The highest BCUT2D eigenvalue weighted by Crippen LogP contribution is 2.27. The highest BCUT2D eigenvalue weighted by molar-refractivity contribution is 7.27. The molecule has 0 radical (unpaired) electrons. The van der Waals surface area contributed by atoms with Gasteiger partial charge in [-0.05, 0) is 74.3 Å². The van der Waals surface area contributed by atoms with Gasteiger partial charge >= 0.3 is 6.18 Å². The van der Waals surface area contributed by atoms with E-state index in [-0.39, 0.29) is 13.0 Å². The molecular formula is C21H28ClF3NOP. The molecule has 2 nitrogen and oxygen atoms in total. The molecule has 0 amide bonds. The first-order valence-corrected chi connectivity index (χ1v) is 9.87. The van der Waals surface area contributed by atoms with Crippen LogP contribution in [-0.2, 0) is 0 Å². The lowest BCUT2D eigenvalue weighted by atomic mass is 10.00. The van der Waals surface area contributed by atoms with Crippen molar-refractivity contribution in [2.75, 3.05) is 13.6 Å². The largest absolute Gasteiger partial charge is 0.414 e. The smallest absolute Gasteiger partial charge is 0.384 e. The predicted octanol–water partition coefficient (Wildman–Crippen LogP) is 5.73. The number of likely N-dealkylation sites (N-methyl/N-ethyl adjacent to an activating group) is 1. The highest BCUT2D eigenvalue weighted by Gasteiger charge is 2.37. The second kappa shape index (κ2) is 10.5. The number of hydrogen-bond acceptors (Lipinski definition) is 2. The summed E-state index contributed by atoms with van der Waals surface area (Å²) >= 11 is 6.14. The van der Waals surface area contributed by atoms with E-state index in [1.54, 1.807) is 11.9 Å². The zero-order valence-corrected chi connectivity index (χ0v) is 18.8. The van der Waals surface area contributed by atoms with Crippen LogP contribution in [0.25, 0.3) is 5.57 Å². The van der Waals surface area contributed by atoms with Crippen LogP contribution in [-0.4, -0.2) is 35.9 Å². The molecular weight excluding hydrogens is 406 g/mol. The lowest BCUT2D eigenvalue weighted by molar-refractivity contribution is -0.205. The first-order chi connectivity index (χ1) is 12.9. The van der Waals surface area contributed by atoms with E-state index in [0.717, 1.165) is 33.3 Å². The topological polar surface area (TPSA) is 23.5 Å². The summed E-state index contributed by atoms with van der Waals surface area (Å²) in [6, 6.07) is 5.62. The molecule has 0 aliphatic carbocycles. The molecule has 0 saturated carbocycles. The number of aliphatic hydroxyl groups is 1. The number of rotatable bonds is 7. The molecule has 0 aliphatic rings. The molecule has 0 saturated heterocycles. The summed E-state index contributed by atoms with van der Waals surface area (Å²) in [7, 11) is 4.42. The predicted molar refractivity (Wildman–Crippen MR) is 116 cm³/mol. The number of hydrogen-bond donors (Lipinski definition) is 1. The van der Waals surface area contributed by atoms with Crippen molar-refractivity contribution in [1.82, 2.24) is 4.90 Å². The first kappa shape index (κ1) is 24.7. The van der Waals surface area contributed by atoms with E-state index < -0.39 is 12.3 Å². The third-order valence-corrected chi connectivity index (χ3v) is 5.09. The Labute approximate surface area is 173 Å². The summed E-state index contributed by atoms with van der Waals surface area (Å²) < 4.78 is 37.7. The van der Waals surface area contributed by atoms with Gasteiger partial charge in [0.1, 0.15) is 0 Å². The van der Waals surface area contributed by atoms with E-state index in [9.17, 15) is 18.3 Å². The molecule has 7 heteroatoms. The number of aliphatic hydroxyl groups excluding tert-OH is 1. The van der Waals surface area contributed by atoms with Gasteiger partial charge in [0.25, 0.3) is 0 Å². The van der Waals surface area contributed by atoms with Crippen LogP contribution in [0.4, 0.5) is 13.2 Å². The van der Waals surface area contributed by atoms with Gasteiger partial charge in [-0.25, -0.2) is 0 Å². The van der Waals surface area contributed by atoms with Gasteiger partial charge in [-0.15, -0.1) is 9.24 Å². The molecule has 0 bridgehead atoms. The standard InChI is InChI=1S/C21H28ClF3NOP/c1-6-15(17-12-16(22)7-8-18(17)28)11-14(4)20(13(2)3)26(5)10-9-19(27)21(23,24)25/h6-8,11-12,19,27H,9-10,28H2,1-5H3/b14-11-,15-6+. The molecule has 1 aromatic rings. The average molecular weight is 434 g/mol. The number of halogens is 4. The minimum absolute atomic E-state index is 0.0869. The van der Waals surface area contributed by atoms with E-state index in [1.807, 2.05) is 58.0 Å². The zero-order chi connectivity index (χ0) is 21.6. The quantitative estimate of drug-likeness (QED) is 0.438. The van der Waals surface area contributed by atoms with Crippen molar-refractivity contribution >= 4 is 31.7 Å². The van der Waals surface area contributed by atoms with Gasteiger partial charge in [0.05, 0.1) is 0 Å². The zero-order valence-electron chi connectivity index (χ0n) is 16.9. The maximum atomic E-state index is 12.6. The Balaban J connectivity index is 3.14. The van der Waals surface area contributed by atoms with Crippen LogP contribution >= 0.6 is 20.8 Å².